The molecule has 0 bridgehead atoms. The van der Waals surface area contributed by atoms with Crippen molar-refractivity contribution in [1.29, 1.82) is 0 Å². The summed E-state index contributed by atoms with van der Waals surface area (Å²) in [6, 6.07) is 9.02. The summed E-state index contributed by atoms with van der Waals surface area (Å²) in [5.41, 5.74) is 2.48. The minimum atomic E-state index is 0.361. The Kier molecular flexibility index (Phi) is 6.35. The van der Waals surface area contributed by atoms with Crippen molar-refractivity contribution in [2.75, 3.05) is 31.5 Å². The molecule has 4 nitrogen and oxygen atoms in total. The van der Waals surface area contributed by atoms with Crippen molar-refractivity contribution in [3.63, 3.8) is 0 Å². The summed E-state index contributed by atoms with van der Waals surface area (Å²) in [7, 11) is 0. The van der Waals surface area contributed by atoms with Gasteiger partial charge in [-0.25, -0.2) is 0 Å². The molecule has 138 valence electrons. The van der Waals surface area contributed by atoms with Crippen LogP contribution in [0.2, 0.25) is 0 Å². The lowest BCUT2D eigenvalue weighted by Gasteiger charge is -2.35. The Morgan fingerprint density at radius 2 is 1.96 bits per heavy atom. The van der Waals surface area contributed by atoms with Gasteiger partial charge < -0.3 is 15.5 Å². The van der Waals surface area contributed by atoms with Gasteiger partial charge in [0, 0.05) is 31.2 Å². The summed E-state index contributed by atoms with van der Waals surface area (Å²) >= 11 is 0. The lowest BCUT2D eigenvalue weighted by atomic mass is 9.84. The SMILES string of the molecule is Cc1cccc(NC2CCN(C(=O)CC(C)C3CCNCC3)CC2)c1. The van der Waals surface area contributed by atoms with Crippen LogP contribution in [-0.4, -0.2) is 43.0 Å². The lowest BCUT2D eigenvalue weighted by Crippen LogP contribution is -2.43. The minimum absolute atomic E-state index is 0.361. The fourth-order valence-corrected chi connectivity index (χ4v) is 4.23. The van der Waals surface area contributed by atoms with E-state index in [1.54, 1.807) is 0 Å². The van der Waals surface area contributed by atoms with E-state index in [1.165, 1.54) is 24.1 Å². The number of aryl methyl sites for hydroxylation is 1. The van der Waals surface area contributed by atoms with Crippen LogP contribution in [-0.2, 0) is 4.79 Å². The van der Waals surface area contributed by atoms with Gasteiger partial charge in [0.15, 0.2) is 0 Å². The molecular formula is C21H33N3O. The molecule has 2 N–H and O–H groups in total. The average Bonchev–Trinajstić information content (AvgIpc) is 2.63. The summed E-state index contributed by atoms with van der Waals surface area (Å²) in [6.45, 7) is 8.39. The Morgan fingerprint density at radius 1 is 1.24 bits per heavy atom. The van der Waals surface area contributed by atoms with E-state index >= 15 is 0 Å². The fraction of sp³-hybridized carbons (Fsp3) is 0.667. The number of piperidine rings is 2. The largest absolute Gasteiger partial charge is 0.382 e. The Bertz CT molecular complexity index is 560. The van der Waals surface area contributed by atoms with Gasteiger partial charge in [-0.2, -0.15) is 0 Å². The first-order chi connectivity index (χ1) is 12.1. The van der Waals surface area contributed by atoms with Gasteiger partial charge in [-0.3, -0.25) is 4.79 Å². The van der Waals surface area contributed by atoms with Gasteiger partial charge >= 0.3 is 0 Å². The zero-order valence-corrected chi connectivity index (χ0v) is 15.8. The molecule has 0 saturated carbocycles. The molecule has 1 aromatic rings. The Labute approximate surface area is 152 Å². The summed E-state index contributed by atoms with van der Waals surface area (Å²) in [6.07, 6.45) is 5.25. The maximum Gasteiger partial charge on any atom is 0.222 e. The molecule has 4 heteroatoms. The van der Waals surface area contributed by atoms with E-state index in [4.69, 9.17) is 0 Å². The number of nitrogens with zero attached hydrogens (tertiary/aromatic N) is 1. The lowest BCUT2D eigenvalue weighted by molar-refractivity contribution is -0.133. The highest BCUT2D eigenvalue weighted by atomic mass is 16.2. The Hall–Kier alpha value is -1.55. The van der Waals surface area contributed by atoms with Crippen LogP contribution in [0.5, 0.6) is 0 Å². The second kappa shape index (κ2) is 8.70. The quantitative estimate of drug-likeness (QED) is 0.861. The molecule has 25 heavy (non-hydrogen) atoms. The molecule has 3 rings (SSSR count). The van der Waals surface area contributed by atoms with Crippen molar-refractivity contribution in [2.24, 2.45) is 11.8 Å². The second-order valence-corrected chi connectivity index (χ2v) is 7.94. The van der Waals surface area contributed by atoms with E-state index < -0.39 is 0 Å². The van der Waals surface area contributed by atoms with E-state index in [-0.39, 0.29) is 0 Å². The number of amides is 1. The van der Waals surface area contributed by atoms with Crippen molar-refractivity contribution >= 4 is 11.6 Å². The molecule has 0 spiro atoms. The molecule has 1 atom stereocenters. The fourth-order valence-electron chi connectivity index (χ4n) is 4.23. The number of carbonyl (C=O) groups is 1. The van der Waals surface area contributed by atoms with Crippen molar-refractivity contribution in [2.45, 2.75) is 52.0 Å². The molecular weight excluding hydrogens is 310 g/mol. The summed E-state index contributed by atoms with van der Waals surface area (Å²) in [4.78, 5) is 14.7. The molecule has 1 amide bonds. The van der Waals surface area contributed by atoms with Crippen molar-refractivity contribution in [1.82, 2.24) is 10.2 Å². The Balaban J connectivity index is 1.42. The third-order valence-electron chi connectivity index (χ3n) is 5.92. The predicted molar refractivity (Wildman–Crippen MR) is 104 cm³/mol. The number of carbonyl (C=O) groups excluding carboxylic acids is 1. The van der Waals surface area contributed by atoms with Crippen LogP contribution in [0.15, 0.2) is 24.3 Å². The first-order valence-electron chi connectivity index (χ1n) is 9.93. The highest BCUT2D eigenvalue weighted by molar-refractivity contribution is 5.76. The number of anilines is 1. The normalized spacial score (nSPS) is 21.1. The zero-order chi connectivity index (χ0) is 17.6. The highest BCUT2D eigenvalue weighted by Crippen LogP contribution is 2.26. The first kappa shape index (κ1) is 18.2. The summed E-state index contributed by atoms with van der Waals surface area (Å²) in [5, 5.41) is 7.04. The van der Waals surface area contributed by atoms with Crippen LogP contribution >= 0.6 is 0 Å². The smallest absolute Gasteiger partial charge is 0.222 e. The van der Waals surface area contributed by atoms with Gasteiger partial charge in [-0.1, -0.05) is 19.1 Å². The third-order valence-corrected chi connectivity index (χ3v) is 5.92. The standard InChI is InChI=1S/C21H33N3O/c1-16-4-3-5-20(14-16)23-19-8-12-24(13-9-19)21(25)15-17(2)18-6-10-22-11-7-18/h3-5,14,17-19,22-23H,6-13,15H2,1-2H3. The number of benzene rings is 1. The molecule has 0 aliphatic carbocycles. The van der Waals surface area contributed by atoms with Crippen LogP contribution in [0.25, 0.3) is 0 Å². The number of rotatable bonds is 5. The molecule has 0 aromatic heterocycles. The maximum absolute atomic E-state index is 12.7. The number of hydrogen-bond acceptors (Lipinski definition) is 3. The zero-order valence-electron chi connectivity index (χ0n) is 15.8. The monoisotopic (exact) mass is 343 g/mol. The van der Waals surface area contributed by atoms with Gasteiger partial charge in [0.25, 0.3) is 0 Å². The number of likely N-dealkylation sites (tertiary alicyclic amines) is 1. The van der Waals surface area contributed by atoms with Crippen LogP contribution < -0.4 is 10.6 Å². The average molecular weight is 344 g/mol. The van der Waals surface area contributed by atoms with Gasteiger partial charge in [-0.15, -0.1) is 0 Å². The van der Waals surface area contributed by atoms with Crippen molar-refractivity contribution in [3.05, 3.63) is 29.8 Å². The third kappa shape index (κ3) is 5.21. The molecule has 2 heterocycles. The summed E-state index contributed by atoms with van der Waals surface area (Å²) < 4.78 is 0. The van der Waals surface area contributed by atoms with Crippen LogP contribution in [0, 0.1) is 18.8 Å². The maximum atomic E-state index is 12.7. The van der Waals surface area contributed by atoms with Crippen LogP contribution in [0.1, 0.15) is 44.6 Å². The molecule has 2 fully saturated rings. The van der Waals surface area contributed by atoms with E-state index in [0.717, 1.165) is 45.4 Å². The molecule has 1 unspecified atom stereocenters. The number of hydrogen-bond donors (Lipinski definition) is 2. The van der Waals surface area contributed by atoms with Gasteiger partial charge in [0.1, 0.15) is 0 Å². The second-order valence-electron chi connectivity index (χ2n) is 7.94. The van der Waals surface area contributed by atoms with Gasteiger partial charge in [0.05, 0.1) is 0 Å². The van der Waals surface area contributed by atoms with E-state index in [9.17, 15) is 4.79 Å². The van der Waals surface area contributed by atoms with E-state index in [1.807, 2.05) is 0 Å². The number of nitrogens with one attached hydrogen (secondary N) is 2. The van der Waals surface area contributed by atoms with Crippen molar-refractivity contribution < 1.29 is 4.79 Å². The van der Waals surface area contributed by atoms with E-state index in [0.29, 0.717) is 23.8 Å². The van der Waals surface area contributed by atoms with E-state index in [2.05, 4.69) is 53.6 Å². The van der Waals surface area contributed by atoms with Gasteiger partial charge in [-0.05, 0) is 75.2 Å². The highest BCUT2D eigenvalue weighted by Gasteiger charge is 2.27. The first-order valence-corrected chi connectivity index (χ1v) is 9.93. The molecule has 2 aliphatic rings. The van der Waals surface area contributed by atoms with Crippen LogP contribution in [0.4, 0.5) is 5.69 Å². The van der Waals surface area contributed by atoms with Gasteiger partial charge in [0.2, 0.25) is 5.91 Å². The predicted octanol–water partition coefficient (Wildman–Crippen LogP) is 3.42. The van der Waals surface area contributed by atoms with Crippen molar-refractivity contribution in [3.8, 4) is 0 Å². The summed E-state index contributed by atoms with van der Waals surface area (Å²) in [5.74, 6) is 1.59. The molecule has 0 radical (unpaired) electrons. The molecule has 2 aliphatic heterocycles. The minimum Gasteiger partial charge on any atom is -0.382 e. The molecule has 2 saturated heterocycles. The molecule has 1 aromatic carbocycles. The Morgan fingerprint density at radius 3 is 2.64 bits per heavy atom. The topological polar surface area (TPSA) is 44.4 Å². The van der Waals surface area contributed by atoms with Crippen LogP contribution in [0.3, 0.4) is 0 Å².